The Morgan fingerprint density at radius 1 is 1.45 bits per heavy atom. The number of anilines is 2. The molecule has 9 nitrogen and oxygen atoms in total. The Morgan fingerprint density at radius 2 is 2.24 bits per heavy atom. The first kappa shape index (κ1) is 19.3. The van der Waals surface area contributed by atoms with E-state index in [0.717, 1.165) is 6.20 Å². The molecule has 2 aliphatic rings. The lowest BCUT2D eigenvalue weighted by Crippen LogP contribution is -2.35. The maximum absolute atomic E-state index is 14.1. The molecule has 29 heavy (non-hydrogen) atoms. The van der Waals surface area contributed by atoms with Gasteiger partial charge < -0.3 is 25.2 Å². The SMILES string of the molecule is CC1Nc2cc(C(=O)Nc3ccn(C4OC(CO)CC4(F)F)c(=O)n3)ccc2O1. The van der Waals surface area contributed by atoms with Crippen LogP contribution in [0, 0.1) is 0 Å². The van der Waals surface area contributed by atoms with Crippen LogP contribution in [0.25, 0.3) is 0 Å². The van der Waals surface area contributed by atoms with Gasteiger partial charge in [0.15, 0.2) is 6.23 Å². The molecule has 1 fully saturated rings. The van der Waals surface area contributed by atoms with E-state index in [2.05, 4.69) is 15.6 Å². The molecule has 0 spiro atoms. The van der Waals surface area contributed by atoms with Gasteiger partial charge in [-0.3, -0.25) is 9.36 Å². The smallest absolute Gasteiger partial charge is 0.351 e. The van der Waals surface area contributed by atoms with Crippen LogP contribution in [0.4, 0.5) is 20.3 Å². The number of aliphatic hydroxyl groups excluding tert-OH is 1. The van der Waals surface area contributed by atoms with Crippen molar-refractivity contribution < 1.29 is 28.2 Å². The molecule has 154 valence electrons. The second-order valence-electron chi connectivity index (χ2n) is 6.83. The second kappa shape index (κ2) is 7.08. The first-order chi connectivity index (χ1) is 13.8. The fourth-order valence-corrected chi connectivity index (χ4v) is 3.29. The van der Waals surface area contributed by atoms with Gasteiger partial charge in [-0.25, -0.2) is 13.6 Å². The van der Waals surface area contributed by atoms with Crippen molar-refractivity contribution in [3.05, 3.63) is 46.5 Å². The van der Waals surface area contributed by atoms with Gasteiger partial charge in [0, 0.05) is 18.2 Å². The van der Waals surface area contributed by atoms with Crippen LogP contribution in [-0.2, 0) is 4.74 Å². The summed E-state index contributed by atoms with van der Waals surface area (Å²) in [5.74, 6) is -3.33. The van der Waals surface area contributed by atoms with E-state index in [1.807, 2.05) is 6.92 Å². The highest BCUT2D eigenvalue weighted by molar-refractivity contribution is 6.04. The third-order valence-electron chi connectivity index (χ3n) is 4.61. The highest BCUT2D eigenvalue weighted by atomic mass is 19.3. The topological polar surface area (TPSA) is 115 Å². The number of fused-ring (bicyclic) bond motifs is 1. The molecule has 2 aliphatic heterocycles. The number of aliphatic hydroxyl groups is 1. The van der Waals surface area contributed by atoms with E-state index in [0.29, 0.717) is 21.6 Å². The van der Waals surface area contributed by atoms with Crippen LogP contribution in [-0.4, -0.2) is 45.4 Å². The molecule has 3 atom stereocenters. The molecule has 3 unspecified atom stereocenters. The minimum Gasteiger partial charge on any atom is -0.469 e. The molecule has 0 bridgehead atoms. The molecule has 1 aromatic heterocycles. The summed E-state index contributed by atoms with van der Waals surface area (Å²) in [5, 5.41) is 14.5. The molecule has 2 aromatic rings. The normalized spacial score (nSPS) is 24.5. The Balaban J connectivity index is 1.51. The molecule has 0 aliphatic carbocycles. The standard InChI is InChI=1S/C18H18F2N4O5/c1-9-21-12-6-10(2-3-13(12)28-9)15(26)22-14-4-5-24(17(27)23-14)16-18(19,20)7-11(8-25)29-16/h2-6,9,11,16,21,25H,7-8H2,1H3,(H,22,23,26,27). The Hall–Kier alpha value is -3.05. The van der Waals surface area contributed by atoms with Crippen LogP contribution in [0.2, 0.25) is 0 Å². The van der Waals surface area contributed by atoms with Gasteiger partial charge in [-0.15, -0.1) is 0 Å². The Kier molecular flexibility index (Phi) is 4.71. The van der Waals surface area contributed by atoms with E-state index in [9.17, 15) is 18.4 Å². The van der Waals surface area contributed by atoms with Crippen molar-refractivity contribution in [2.24, 2.45) is 0 Å². The molecule has 1 aromatic carbocycles. The number of nitrogens with zero attached hydrogens (tertiary/aromatic N) is 2. The number of halogens is 2. The molecule has 4 rings (SSSR count). The zero-order valence-corrected chi connectivity index (χ0v) is 15.3. The summed E-state index contributed by atoms with van der Waals surface area (Å²) in [5.41, 5.74) is -0.0483. The van der Waals surface area contributed by atoms with Gasteiger partial charge in [-0.05, 0) is 31.2 Å². The van der Waals surface area contributed by atoms with Crippen molar-refractivity contribution in [1.29, 1.82) is 0 Å². The summed E-state index contributed by atoms with van der Waals surface area (Å²) in [7, 11) is 0. The summed E-state index contributed by atoms with van der Waals surface area (Å²) in [4.78, 5) is 28.3. The third kappa shape index (κ3) is 3.66. The number of ether oxygens (including phenoxy) is 2. The number of amides is 1. The lowest BCUT2D eigenvalue weighted by molar-refractivity contribution is -0.120. The second-order valence-corrected chi connectivity index (χ2v) is 6.83. The van der Waals surface area contributed by atoms with Crippen LogP contribution in [0.5, 0.6) is 5.75 Å². The first-order valence-corrected chi connectivity index (χ1v) is 8.89. The number of carbonyl (C=O) groups excluding carboxylic acids is 1. The lowest BCUT2D eigenvalue weighted by Gasteiger charge is -2.19. The fourth-order valence-electron chi connectivity index (χ4n) is 3.29. The van der Waals surface area contributed by atoms with Gasteiger partial charge in [-0.2, -0.15) is 4.98 Å². The maximum atomic E-state index is 14.1. The van der Waals surface area contributed by atoms with Crippen molar-refractivity contribution in [1.82, 2.24) is 9.55 Å². The van der Waals surface area contributed by atoms with Crippen molar-refractivity contribution >= 4 is 17.4 Å². The predicted molar refractivity (Wildman–Crippen MR) is 97.2 cm³/mol. The van der Waals surface area contributed by atoms with Crippen molar-refractivity contribution in [3.63, 3.8) is 0 Å². The largest absolute Gasteiger partial charge is 0.469 e. The van der Waals surface area contributed by atoms with E-state index < -0.39 is 42.9 Å². The highest BCUT2D eigenvalue weighted by Gasteiger charge is 2.51. The van der Waals surface area contributed by atoms with Crippen molar-refractivity contribution in [2.75, 3.05) is 17.2 Å². The molecule has 1 saturated heterocycles. The minimum atomic E-state index is -3.33. The number of nitrogens with one attached hydrogen (secondary N) is 2. The zero-order valence-electron chi connectivity index (χ0n) is 15.3. The quantitative estimate of drug-likeness (QED) is 0.703. The monoisotopic (exact) mass is 408 g/mol. The average Bonchev–Trinajstić information content (AvgIpc) is 3.19. The predicted octanol–water partition coefficient (Wildman–Crippen LogP) is 1.56. The van der Waals surface area contributed by atoms with Gasteiger partial charge in [0.2, 0.25) is 6.23 Å². The molecule has 11 heteroatoms. The van der Waals surface area contributed by atoms with Crippen LogP contribution in [0.3, 0.4) is 0 Å². The van der Waals surface area contributed by atoms with Crippen LogP contribution < -0.4 is 21.1 Å². The summed E-state index contributed by atoms with van der Waals surface area (Å²) in [6.45, 7) is 1.24. The van der Waals surface area contributed by atoms with Gasteiger partial charge in [0.05, 0.1) is 18.4 Å². The van der Waals surface area contributed by atoms with E-state index >= 15 is 0 Å². The van der Waals surface area contributed by atoms with Gasteiger partial charge >= 0.3 is 5.69 Å². The van der Waals surface area contributed by atoms with Gasteiger partial charge in [0.25, 0.3) is 11.8 Å². The van der Waals surface area contributed by atoms with Crippen LogP contribution in [0.15, 0.2) is 35.3 Å². The molecular weight excluding hydrogens is 390 g/mol. The molecular formula is C18H18F2N4O5. The van der Waals surface area contributed by atoms with E-state index in [4.69, 9.17) is 14.6 Å². The number of aromatic nitrogens is 2. The number of benzene rings is 1. The summed E-state index contributed by atoms with van der Waals surface area (Å²) >= 11 is 0. The highest BCUT2D eigenvalue weighted by Crippen LogP contribution is 2.41. The molecule has 1 amide bonds. The van der Waals surface area contributed by atoms with Crippen LogP contribution in [0.1, 0.15) is 29.9 Å². The average molecular weight is 408 g/mol. The van der Waals surface area contributed by atoms with Crippen LogP contribution >= 0.6 is 0 Å². The summed E-state index contributed by atoms with van der Waals surface area (Å²) in [6, 6.07) is 6.01. The van der Waals surface area contributed by atoms with Crippen molar-refractivity contribution in [3.8, 4) is 5.75 Å². The van der Waals surface area contributed by atoms with Gasteiger partial charge in [0.1, 0.15) is 11.6 Å². The molecule has 0 radical (unpaired) electrons. The number of alkyl halides is 2. The Labute approximate surface area is 163 Å². The van der Waals surface area contributed by atoms with E-state index in [-0.39, 0.29) is 12.0 Å². The summed E-state index contributed by atoms with van der Waals surface area (Å²) < 4.78 is 39.3. The number of hydrogen-bond acceptors (Lipinski definition) is 7. The maximum Gasteiger partial charge on any atom is 0.351 e. The first-order valence-electron chi connectivity index (χ1n) is 8.89. The molecule has 0 saturated carbocycles. The van der Waals surface area contributed by atoms with Gasteiger partial charge in [-0.1, -0.05) is 0 Å². The van der Waals surface area contributed by atoms with E-state index in [1.54, 1.807) is 18.2 Å². The summed E-state index contributed by atoms with van der Waals surface area (Å²) in [6.07, 6.45) is -2.77. The number of hydrogen-bond donors (Lipinski definition) is 3. The lowest BCUT2D eigenvalue weighted by atomic mass is 10.1. The molecule has 3 heterocycles. The third-order valence-corrected chi connectivity index (χ3v) is 4.61. The zero-order chi connectivity index (χ0) is 20.8. The van der Waals surface area contributed by atoms with Crippen molar-refractivity contribution in [2.45, 2.75) is 37.8 Å². The number of carbonyl (C=O) groups is 1. The fraction of sp³-hybridized carbons (Fsp3) is 0.389. The number of rotatable bonds is 4. The minimum absolute atomic E-state index is 0.0886. The molecule has 3 N–H and O–H groups in total. The Bertz CT molecular complexity index is 1010. The van der Waals surface area contributed by atoms with E-state index in [1.165, 1.54) is 6.07 Å². The Morgan fingerprint density at radius 3 is 2.93 bits per heavy atom.